The Morgan fingerprint density at radius 2 is 0.603 bits per heavy atom. The molecule has 0 aliphatic heterocycles. The minimum atomic E-state index is -0.673. The number of nitrogens with one attached hydrogen (secondary N) is 1. The molecule has 0 aromatic carbocycles. The van der Waals surface area contributed by atoms with Gasteiger partial charge in [0.25, 0.3) is 0 Å². The van der Waals surface area contributed by atoms with Gasteiger partial charge in [-0.15, -0.1) is 0 Å². The summed E-state index contributed by atoms with van der Waals surface area (Å²) < 4.78 is 5.48. The molecule has 0 fully saturated rings. The first-order chi connectivity index (χ1) is 33.5. The molecule has 0 rings (SSSR count). The number of hydrogen-bond donors (Lipinski definition) is 3. The molecule has 2 atom stereocenters. The Bertz CT molecular complexity index is 975. The van der Waals surface area contributed by atoms with E-state index >= 15 is 0 Å². The van der Waals surface area contributed by atoms with E-state index in [1.807, 2.05) is 0 Å². The van der Waals surface area contributed by atoms with Gasteiger partial charge in [-0.2, -0.15) is 0 Å². The third-order valence-corrected chi connectivity index (χ3v) is 14.9. The van der Waals surface area contributed by atoms with E-state index in [0.29, 0.717) is 25.9 Å². The molecule has 0 saturated heterocycles. The number of hydrogen-bond acceptors (Lipinski definition) is 5. The number of esters is 1. The molecule has 0 heterocycles. The van der Waals surface area contributed by atoms with Crippen molar-refractivity contribution in [3.8, 4) is 0 Å². The standard InChI is InChI=1S/C62H123NO5/c1-3-5-7-9-11-13-15-17-19-20-21-22-23-24-25-26-27-28-30-34-38-42-46-50-54-60(65)59(58-64)63-61(66)55-51-47-43-39-35-31-29-33-37-41-45-49-53-57-68-62(67)56-52-48-44-40-36-32-18-16-14-12-10-8-6-4-2/h59-60,64-65H,3-58H2,1-2H3,(H,63,66). The minimum absolute atomic E-state index is 0.00147. The zero-order valence-corrected chi connectivity index (χ0v) is 46.4. The second-order valence-electron chi connectivity index (χ2n) is 21.8. The Morgan fingerprint density at radius 3 is 0.897 bits per heavy atom. The Kier molecular flexibility index (Phi) is 57.5. The van der Waals surface area contributed by atoms with E-state index in [1.165, 1.54) is 276 Å². The second-order valence-corrected chi connectivity index (χ2v) is 21.8. The maximum atomic E-state index is 12.5. The summed E-state index contributed by atoms with van der Waals surface area (Å²) >= 11 is 0. The van der Waals surface area contributed by atoms with Gasteiger partial charge in [0.2, 0.25) is 5.91 Å². The Labute approximate surface area is 426 Å². The van der Waals surface area contributed by atoms with Crippen LogP contribution in [0.3, 0.4) is 0 Å². The van der Waals surface area contributed by atoms with Crippen molar-refractivity contribution in [2.75, 3.05) is 13.2 Å². The van der Waals surface area contributed by atoms with Crippen LogP contribution in [0.2, 0.25) is 0 Å². The Hall–Kier alpha value is -1.14. The van der Waals surface area contributed by atoms with Crippen molar-refractivity contribution < 1.29 is 24.5 Å². The van der Waals surface area contributed by atoms with Crippen LogP contribution >= 0.6 is 0 Å². The molecule has 0 aromatic heterocycles. The van der Waals surface area contributed by atoms with Crippen molar-refractivity contribution >= 4 is 11.9 Å². The van der Waals surface area contributed by atoms with Crippen LogP contribution in [0.4, 0.5) is 0 Å². The molecule has 0 saturated carbocycles. The predicted octanol–water partition coefficient (Wildman–Crippen LogP) is 19.5. The zero-order chi connectivity index (χ0) is 49.3. The van der Waals surface area contributed by atoms with Gasteiger partial charge in [-0.25, -0.2) is 0 Å². The molecule has 2 unspecified atom stereocenters. The van der Waals surface area contributed by atoms with E-state index in [4.69, 9.17) is 4.74 Å². The zero-order valence-electron chi connectivity index (χ0n) is 46.4. The van der Waals surface area contributed by atoms with Gasteiger partial charge in [-0.3, -0.25) is 9.59 Å². The smallest absolute Gasteiger partial charge is 0.305 e. The normalized spacial score (nSPS) is 12.5. The first-order valence-corrected chi connectivity index (χ1v) is 31.3. The van der Waals surface area contributed by atoms with Gasteiger partial charge in [0.05, 0.1) is 25.4 Å². The fourth-order valence-electron chi connectivity index (χ4n) is 10.1. The highest BCUT2D eigenvalue weighted by Gasteiger charge is 2.20. The highest BCUT2D eigenvalue weighted by molar-refractivity contribution is 5.76. The van der Waals surface area contributed by atoms with Crippen LogP contribution in [-0.2, 0) is 14.3 Å². The van der Waals surface area contributed by atoms with E-state index in [0.717, 1.165) is 51.4 Å². The largest absolute Gasteiger partial charge is 0.466 e. The maximum absolute atomic E-state index is 12.5. The van der Waals surface area contributed by atoms with E-state index in [2.05, 4.69) is 19.2 Å². The van der Waals surface area contributed by atoms with Crippen LogP contribution in [-0.4, -0.2) is 47.4 Å². The van der Waals surface area contributed by atoms with Crippen LogP contribution in [0, 0.1) is 0 Å². The van der Waals surface area contributed by atoms with E-state index in [9.17, 15) is 19.8 Å². The summed E-state index contributed by atoms with van der Waals surface area (Å²) in [5.74, 6) is -0.0440. The summed E-state index contributed by atoms with van der Waals surface area (Å²) in [5, 5.41) is 23.4. The van der Waals surface area contributed by atoms with Crippen LogP contribution in [0.15, 0.2) is 0 Å². The van der Waals surface area contributed by atoms with E-state index in [-0.39, 0.29) is 18.5 Å². The minimum Gasteiger partial charge on any atom is -0.466 e. The predicted molar refractivity (Wildman–Crippen MR) is 297 cm³/mol. The molecule has 0 spiro atoms. The highest BCUT2D eigenvalue weighted by Crippen LogP contribution is 2.19. The first kappa shape index (κ1) is 66.9. The van der Waals surface area contributed by atoms with Crippen molar-refractivity contribution in [1.29, 1.82) is 0 Å². The Balaban J connectivity index is 3.42. The summed E-state index contributed by atoms with van der Waals surface area (Å²) in [6, 6.07) is -0.551. The summed E-state index contributed by atoms with van der Waals surface area (Å²) in [6.07, 6.45) is 68.2. The third-order valence-electron chi connectivity index (χ3n) is 14.9. The van der Waals surface area contributed by atoms with Gasteiger partial charge in [0.15, 0.2) is 0 Å². The van der Waals surface area contributed by atoms with Crippen LogP contribution in [0.5, 0.6) is 0 Å². The number of rotatable bonds is 59. The molecule has 0 aliphatic carbocycles. The monoisotopic (exact) mass is 962 g/mol. The average Bonchev–Trinajstić information content (AvgIpc) is 3.34. The SMILES string of the molecule is CCCCCCCCCCCCCCCCCCCCCCCCCCC(O)C(CO)NC(=O)CCCCCCCCCCCCCCCOC(=O)CCCCCCCCCCCCCCCC. The molecular formula is C62H123NO5. The lowest BCUT2D eigenvalue weighted by molar-refractivity contribution is -0.143. The van der Waals surface area contributed by atoms with E-state index in [1.54, 1.807) is 0 Å². The third kappa shape index (κ3) is 54.2. The average molecular weight is 963 g/mol. The summed E-state index contributed by atoms with van der Waals surface area (Å²) in [4.78, 5) is 24.6. The molecule has 1 amide bonds. The van der Waals surface area contributed by atoms with Gasteiger partial charge in [-0.1, -0.05) is 322 Å². The van der Waals surface area contributed by atoms with Gasteiger partial charge in [0.1, 0.15) is 0 Å². The first-order valence-electron chi connectivity index (χ1n) is 31.3. The highest BCUT2D eigenvalue weighted by atomic mass is 16.5. The van der Waals surface area contributed by atoms with Crippen molar-refractivity contribution in [2.24, 2.45) is 0 Å². The van der Waals surface area contributed by atoms with E-state index < -0.39 is 12.1 Å². The van der Waals surface area contributed by atoms with Gasteiger partial charge in [-0.05, 0) is 25.7 Å². The van der Waals surface area contributed by atoms with Crippen molar-refractivity contribution in [1.82, 2.24) is 5.32 Å². The fraction of sp³-hybridized carbons (Fsp3) is 0.968. The molecule has 68 heavy (non-hydrogen) atoms. The van der Waals surface area contributed by atoms with Crippen molar-refractivity contribution in [3.05, 3.63) is 0 Å². The Morgan fingerprint density at radius 1 is 0.353 bits per heavy atom. The number of aliphatic hydroxyl groups is 2. The number of amides is 1. The maximum Gasteiger partial charge on any atom is 0.305 e. The lowest BCUT2D eigenvalue weighted by Gasteiger charge is -2.22. The molecule has 0 radical (unpaired) electrons. The molecule has 3 N–H and O–H groups in total. The fourth-order valence-corrected chi connectivity index (χ4v) is 10.1. The lowest BCUT2D eigenvalue weighted by atomic mass is 10.0. The number of carbonyl (C=O) groups excluding carboxylic acids is 2. The van der Waals surface area contributed by atoms with Gasteiger partial charge in [0, 0.05) is 12.8 Å². The van der Waals surface area contributed by atoms with Crippen LogP contribution in [0.1, 0.15) is 361 Å². The number of aliphatic hydroxyl groups excluding tert-OH is 2. The molecule has 406 valence electrons. The lowest BCUT2D eigenvalue weighted by Crippen LogP contribution is -2.45. The quantitative estimate of drug-likeness (QED) is 0.0417. The summed E-state index contributed by atoms with van der Waals surface area (Å²) in [7, 11) is 0. The molecule has 6 heteroatoms. The molecule has 6 nitrogen and oxygen atoms in total. The van der Waals surface area contributed by atoms with Crippen molar-refractivity contribution in [3.63, 3.8) is 0 Å². The topological polar surface area (TPSA) is 95.9 Å². The molecule has 0 bridgehead atoms. The summed E-state index contributed by atoms with van der Waals surface area (Å²) in [5.41, 5.74) is 0. The van der Waals surface area contributed by atoms with Gasteiger partial charge < -0.3 is 20.3 Å². The molecule has 0 aliphatic rings. The second kappa shape index (κ2) is 58.4. The van der Waals surface area contributed by atoms with Crippen LogP contribution in [0.25, 0.3) is 0 Å². The van der Waals surface area contributed by atoms with Gasteiger partial charge >= 0.3 is 5.97 Å². The summed E-state index contributed by atoms with van der Waals surface area (Å²) in [6.45, 7) is 4.96. The van der Waals surface area contributed by atoms with Crippen LogP contribution < -0.4 is 5.32 Å². The number of carbonyl (C=O) groups is 2. The molecular weight excluding hydrogens is 839 g/mol. The molecule has 0 aromatic rings. The van der Waals surface area contributed by atoms with Crippen molar-refractivity contribution in [2.45, 2.75) is 373 Å². The number of ether oxygens (including phenoxy) is 1. The number of unbranched alkanes of at least 4 members (excludes halogenated alkanes) is 48.